The Kier molecular flexibility index (Phi) is 4.85. The van der Waals surface area contributed by atoms with Crippen molar-refractivity contribution in [2.75, 3.05) is 18.8 Å². The number of ether oxygens (including phenoxy) is 2. The SMILES string of the molecule is CC(C)c1ccc2c(c1C(C)(C)C)OC1(CN(C(=O)OC(C)(C)C)C1)c1sc(N)nc1-2. The van der Waals surface area contributed by atoms with Gasteiger partial charge in [-0.1, -0.05) is 52.0 Å². The minimum Gasteiger partial charge on any atom is -0.477 e. The number of carbonyl (C=O) groups is 1. The highest BCUT2D eigenvalue weighted by Crippen LogP contribution is 2.55. The van der Waals surface area contributed by atoms with Crippen molar-refractivity contribution in [3.8, 4) is 17.0 Å². The summed E-state index contributed by atoms with van der Waals surface area (Å²) in [4.78, 5) is 20.0. The summed E-state index contributed by atoms with van der Waals surface area (Å²) in [5, 5.41) is 0.516. The molecular formula is C24H33N3O3S. The number of nitrogen functional groups attached to an aromatic ring is 1. The first-order valence-corrected chi connectivity index (χ1v) is 11.6. The minimum absolute atomic E-state index is 0.111. The average molecular weight is 444 g/mol. The summed E-state index contributed by atoms with van der Waals surface area (Å²) in [6.45, 7) is 17.5. The Labute approximate surface area is 188 Å². The van der Waals surface area contributed by atoms with E-state index in [-0.39, 0.29) is 11.5 Å². The molecule has 2 N–H and O–H groups in total. The number of thiazole rings is 1. The van der Waals surface area contributed by atoms with Crippen LogP contribution in [0.1, 0.15) is 77.3 Å². The molecule has 1 amide bonds. The molecule has 1 aromatic carbocycles. The molecule has 6 nitrogen and oxygen atoms in total. The third-order valence-corrected chi connectivity index (χ3v) is 6.79. The number of benzene rings is 1. The monoisotopic (exact) mass is 443 g/mol. The number of amides is 1. The first-order chi connectivity index (χ1) is 14.2. The van der Waals surface area contributed by atoms with Gasteiger partial charge in [0.25, 0.3) is 0 Å². The van der Waals surface area contributed by atoms with E-state index in [1.165, 1.54) is 22.5 Å². The van der Waals surface area contributed by atoms with Gasteiger partial charge in [0.05, 0.1) is 23.7 Å². The molecule has 0 aliphatic carbocycles. The fraction of sp³-hybridized carbons (Fsp3) is 0.583. The molecule has 3 heterocycles. The van der Waals surface area contributed by atoms with Gasteiger partial charge in [0, 0.05) is 11.1 Å². The van der Waals surface area contributed by atoms with Gasteiger partial charge in [0.2, 0.25) is 0 Å². The highest BCUT2D eigenvalue weighted by molar-refractivity contribution is 7.16. The number of rotatable bonds is 1. The molecule has 1 saturated heterocycles. The highest BCUT2D eigenvalue weighted by atomic mass is 32.1. The Morgan fingerprint density at radius 2 is 1.87 bits per heavy atom. The zero-order valence-electron chi connectivity index (χ0n) is 19.8. The lowest BCUT2D eigenvalue weighted by atomic mass is 9.77. The summed E-state index contributed by atoms with van der Waals surface area (Å²) in [6.07, 6.45) is -0.321. The number of anilines is 1. The van der Waals surface area contributed by atoms with Gasteiger partial charge in [-0.3, -0.25) is 4.90 Å². The maximum Gasteiger partial charge on any atom is 0.410 e. The second kappa shape index (κ2) is 6.86. The average Bonchev–Trinajstić information content (AvgIpc) is 2.97. The minimum atomic E-state index is -0.635. The zero-order valence-corrected chi connectivity index (χ0v) is 20.6. The van der Waals surface area contributed by atoms with Gasteiger partial charge in [-0.15, -0.1) is 0 Å². The van der Waals surface area contributed by atoms with E-state index in [0.29, 0.717) is 24.1 Å². The van der Waals surface area contributed by atoms with Crippen LogP contribution >= 0.6 is 11.3 Å². The molecule has 168 valence electrons. The Morgan fingerprint density at radius 1 is 1.23 bits per heavy atom. The van der Waals surface area contributed by atoms with Crippen molar-refractivity contribution >= 4 is 22.6 Å². The number of hydrogen-bond donors (Lipinski definition) is 1. The summed E-state index contributed by atoms with van der Waals surface area (Å²) in [7, 11) is 0. The van der Waals surface area contributed by atoms with Crippen LogP contribution in [0.2, 0.25) is 0 Å². The Hall–Kier alpha value is -2.28. The number of aromatic nitrogens is 1. The third-order valence-electron chi connectivity index (χ3n) is 5.72. The quantitative estimate of drug-likeness (QED) is 0.616. The summed E-state index contributed by atoms with van der Waals surface area (Å²) in [5.74, 6) is 1.24. The number of likely N-dealkylation sites (tertiary alicyclic amines) is 1. The molecule has 0 atom stereocenters. The second-order valence-electron chi connectivity index (χ2n) is 11.0. The molecule has 2 aromatic rings. The van der Waals surface area contributed by atoms with Gasteiger partial charge in [0.15, 0.2) is 10.7 Å². The van der Waals surface area contributed by atoms with Crippen LogP contribution in [0.25, 0.3) is 11.3 Å². The molecule has 0 bridgehead atoms. The smallest absolute Gasteiger partial charge is 0.410 e. The van der Waals surface area contributed by atoms with Gasteiger partial charge in [-0.25, -0.2) is 9.78 Å². The lowest BCUT2D eigenvalue weighted by Crippen LogP contribution is -2.65. The zero-order chi connectivity index (χ0) is 22.9. The van der Waals surface area contributed by atoms with Crippen molar-refractivity contribution in [1.29, 1.82) is 0 Å². The van der Waals surface area contributed by atoms with E-state index in [2.05, 4.69) is 51.7 Å². The second-order valence-corrected chi connectivity index (χ2v) is 12.0. The van der Waals surface area contributed by atoms with Gasteiger partial charge in [0.1, 0.15) is 11.4 Å². The van der Waals surface area contributed by atoms with Crippen molar-refractivity contribution in [3.63, 3.8) is 0 Å². The van der Waals surface area contributed by atoms with Gasteiger partial charge in [-0.2, -0.15) is 0 Å². The number of nitrogens with two attached hydrogens (primary N) is 1. The lowest BCUT2D eigenvalue weighted by Gasteiger charge is -2.51. The summed E-state index contributed by atoms with van der Waals surface area (Å²) in [5.41, 5.74) is 9.20. The fourth-order valence-corrected chi connectivity index (χ4v) is 5.40. The van der Waals surface area contributed by atoms with Crippen LogP contribution in [-0.2, 0) is 15.8 Å². The molecule has 4 rings (SSSR count). The molecule has 0 saturated carbocycles. The molecule has 1 aromatic heterocycles. The van der Waals surface area contributed by atoms with Crippen LogP contribution in [0.15, 0.2) is 12.1 Å². The molecule has 0 unspecified atom stereocenters. The molecule has 1 fully saturated rings. The van der Waals surface area contributed by atoms with Crippen molar-refractivity contribution in [2.45, 2.75) is 77.9 Å². The Balaban J connectivity index is 1.80. The third kappa shape index (κ3) is 3.67. The number of nitrogens with zero attached hydrogens (tertiary/aromatic N) is 2. The molecule has 2 aliphatic rings. The number of hydrogen-bond acceptors (Lipinski definition) is 6. The molecule has 1 spiro atoms. The summed E-state index contributed by atoms with van der Waals surface area (Å²) in [6, 6.07) is 4.30. The first-order valence-electron chi connectivity index (χ1n) is 10.8. The highest BCUT2D eigenvalue weighted by Gasteiger charge is 2.55. The number of carbonyl (C=O) groups excluding carboxylic acids is 1. The molecule has 2 aliphatic heterocycles. The van der Waals surface area contributed by atoms with Gasteiger partial charge in [-0.05, 0) is 43.7 Å². The van der Waals surface area contributed by atoms with E-state index in [9.17, 15) is 4.79 Å². The Bertz CT molecular complexity index is 1040. The van der Waals surface area contributed by atoms with Crippen LogP contribution in [0.4, 0.5) is 9.93 Å². The standard InChI is InChI=1S/C24H33N3O3S/c1-13(2)14-9-10-15-17-19(31-20(25)26-17)24(29-18(15)16(14)22(3,4)5)11-27(12-24)21(28)30-23(6,7)8/h9-10,13H,11-12H2,1-8H3,(H2,25,26). The maximum atomic E-state index is 12.6. The van der Waals surface area contributed by atoms with Crippen LogP contribution in [0.3, 0.4) is 0 Å². The van der Waals surface area contributed by atoms with E-state index in [1.807, 2.05) is 20.8 Å². The van der Waals surface area contributed by atoms with E-state index in [0.717, 1.165) is 21.9 Å². The van der Waals surface area contributed by atoms with Gasteiger partial charge >= 0.3 is 6.09 Å². The van der Waals surface area contributed by atoms with Crippen molar-refractivity contribution in [3.05, 3.63) is 28.1 Å². The predicted octanol–water partition coefficient (Wildman–Crippen LogP) is 5.65. The maximum absolute atomic E-state index is 12.6. The van der Waals surface area contributed by atoms with E-state index in [4.69, 9.17) is 15.2 Å². The van der Waals surface area contributed by atoms with E-state index < -0.39 is 11.2 Å². The summed E-state index contributed by atoms with van der Waals surface area (Å²) < 4.78 is 12.4. The largest absolute Gasteiger partial charge is 0.477 e. The van der Waals surface area contributed by atoms with Crippen LogP contribution in [-0.4, -0.2) is 34.7 Å². The van der Waals surface area contributed by atoms with E-state index in [1.54, 1.807) is 4.90 Å². The van der Waals surface area contributed by atoms with Crippen molar-refractivity contribution in [2.24, 2.45) is 0 Å². The van der Waals surface area contributed by atoms with Crippen molar-refractivity contribution in [1.82, 2.24) is 9.88 Å². The van der Waals surface area contributed by atoms with Gasteiger partial charge < -0.3 is 15.2 Å². The van der Waals surface area contributed by atoms with Crippen LogP contribution in [0.5, 0.6) is 5.75 Å². The first kappa shape index (κ1) is 21.9. The molecule has 0 radical (unpaired) electrons. The van der Waals surface area contributed by atoms with Crippen LogP contribution < -0.4 is 10.5 Å². The Morgan fingerprint density at radius 3 is 2.42 bits per heavy atom. The fourth-order valence-electron chi connectivity index (χ4n) is 4.45. The number of fused-ring (bicyclic) bond motifs is 4. The van der Waals surface area contributed by atoms with Crippen molar-refractivity contribution < 1.29 is 14.3 Å². The normalized spacial score (nSPS) is 17.1. The predicted molar refractivity (Wildman–Crippen MR) is 125 cm³/mol. The van der Waals surface area contributed by atoms with E-state index >= 15 is 0 Å². The molecular weight excluding hydrogens is 410 g/mol. The summed E-state index contributed by atoms with van der Waals surface area (Å²) >= 11 is 1.45. The lowest BCUT2D eigenvalue weighted by molar-refractivity contribution is -0.0862. The topological polar surface area (TPSA) is 77.7 Å². The molecule has 7 heteroatoms. The van der Waals surface area contributed by atoms with Crippen LogP contribution in [0, 0.1) is 0 Å². The molecule has 31 heavy (non-hydrogen) atoms.